The summed E-state index contributed by atoms with van der Waals surface area (Å²) in [7, 11) is 4.43. The number of carbonyl (C=O) groups excluding carboxylic acids is 2. The largest absolute Gasteiger partial charge is 0.507 e. The van der Waals surface area contributed by atoms with E-state index in [2.05, 4.69) is 0 Å². The number of likely N-dealkylation sites (tertiary alicyclic amines) is 1. The minimum absolute atomic E-state index is 0.113. The lowest BCUT2D eigenvalue weighted by atomic mass is 9.95. The number of rotatable bonds is 9. The number of nitrogens with zero attached hydrogens (tertiary/aromatic N) is 2. The van der Waals surface area contributed by atoms with Crippen molar-refractivity contribution in [1.82, 2.24) is 4.90 Å². The summed E-state index contributed by atoms with van der Waals surface area (Å²) < 4.78 is 15.5. The summed E-state index contributed by atoms with van der Waals surface area (Å²) in [6.45, 7) is 0.564. The predicted octanol–water partition coefficient (Wildman–Crippen LogP) is 3.07. The molecule has 174 valence electrons. The smallest absolute Gasteiger partial charge is 0.295 e. The Hall–Kier alpha value is -3.92. The van der Waals surface area contributed by atoms with Crippen LogP contribution in [0.2, 0.25) is 0 Å². The van der Waals surface area contributed by atoms with Gasteiger partial charge < -0.3 is 24.2 Å². The second-order valence-electron chi connectivity index (χ2n) is 7.26. The van der Waals surface area contributed by atoms with Crippen LogP contribution in [0.5, 0.6) is 11.5 Å². The number of ketones is 1. The summed E-state index contributed by atoms with van der Waals surface area (Å²) in [5.74, 6) is -1.23. The number of Topliss-reactive ketones (excluding diaryl/α,β-unsaturated/α-hetero) is 1. The number of aliphatic hydroxyl groups excluding tert-OH is 1. The van der Waals surface area contributed by atoms with E-state index in [1.165, 1.54) is 56.6 Å². The second kappa shape index (κ2) is 10.1. The number of amides is 1. The number of hydrogen-bond acceptors (Lipinski definition) is 8. The first-order valence-electron chi connectivity index (χ1n) is 10.1. The molecule has 3 rings (SSSR count). The number of aliphatic hydroxyl groups is 1. The Bertz CT molecular complexity index is 1090. The van der Waals surface area contributed by atoms with E-state index in [-0.39, 0.29) is 29.1 Å². The van der Waals surface area contributed by atoms with Gasteiger partial charge in [0.1, 0.15) is 5.76 Å². The molecule has 0 bridgehead atoms. The first-order valence-corrected chi connectivity index (χ1v) is 10.1. The van der Waals surface area contributed by atoms with Crippen molar-refractivity contribution in [2.45, 2.75) is 12.5 Å². The molecular formula is C23H24N2O8. The van der Waals surface area contributed by atoms with Crippen molar-refractivity contribution < 1.29 is 33.8 Å². The Labute approximate surface area is 190 Å². The summed E-state index contributed by atoms with van der Waals surface area (Å²) in [6, 6.07) is 9.22. The van der Waals surface area contributed by atoms with Crippen molar-refractivity contribution in [2.24, 2.45) is 0 Å². The summed E-state index contributed by atoms with van der Waals surface area (Å²) >= 11 is 0. The molecule has 2 aromatic carbocycles. The average molecular weight is 456 g/mol. The van der Waals surface area contributed by atoms with E-state index in [0.717, 1.165) is 0 Å². The van der Waals surface area contributed by atoms with Crippen LogP contribution in [0.4, 0.5) is 5.69 Å². The van der Waals surface area contributed by atoms with Gasteiger partial charge in [-0.2, -0.15) is 0 Å². The summed E-state index contributed by atoms with van der Waals surface area (Å²) in [5, 5.41) is 22.2. The fraction of sp³-hybridized carbons (Fsp3) is 0.304. The van der Waals surface area contributed by atoms with Gasteiger partial charge in [-0.1, -0.05) is 0 Å². The highest BCUT2D eigenvalue weighted by atomic mass is 16.6. The fourth-order valence-corrected chi connectivity index (χ4v) is 3.75. The van der Waals surface area contributed by atoms with E-state index < -0.39 is 22.7 Å². The maximum Gasteiger partial charge on any atom is 0.295 e. The minimum atomic E-state index is -0.921. The number of nitro benzene ring substituents is 1. The third-order valence-corrected chi connectivity index (χ3v) is 5.36. The monoisotopic (exact) mass is 456 g/mol. The second-order valence-corrected chi connectivity index (χ2v) is 7.26. The molecule has 1 atom stereocenters. The molecule has 1 saturated heterocycles. The van der Waals surface area contributed by atoms with E-state index in [9.17, 15) is 24.8 Å². The summed E-state index contributed by atoms with van der Waals surface area (Å²) in [5.41, 5.74) is 0.474. The fourth-order valence-electron chi connectivity index (χ4n) is 3.75. The lowest BCUT2D eigenvalue weighted by Gasteiger charge is -2.25. The number of carbonyl (C=O) groups is 2. The Balaban J connectivity index is 2.14. The SMILES string of the molecule is COCCCN1C(=O)C(=O)C(=C(O)c2ccc(OC)c(OC)c2)[C@H]1c1ccc([N+](=O)[O-])cc1. The molecule has 1 amide bonds. The molecule has 0 aromatic heterocycles. The Morgan fingerprint density at radius 3 is 2.30 bits per heavy atom. The first kappa shape index (κ1) is 23.7. The number of non-ortho nitro benzene ring substituents is 1. The van der Waals surface area contributed by atoms with Crippen LogP contribution >= 0.6 is 0 Å². The molecule has 1 N–H and O–H groups in total. The number of methoxy groups -OCH3 is 3. The van der Waals surface area contributed by atoms with Crippen molar-refractivity contribution in [3.8, 4) is 11.5 Å². The molecule has 0 aliphatic carbocycles. The van der Waals surface area contributed by atoms with Gasteiger partial charge in [0.15, 0.2) is 11.5 Å². The molecule has 1 fully saturated rings. The van der Waals surface area contributed by atoms with Gasteiger partial charge in [-0.3, -0.25) is 19.7 Å². The first-order chi connectivity index (χ1) is 15.8. The average Bonchev–Trinajstić information content (AvgIpc) is 3.08. The standard InChI is InChI=1S/C23H24N2O8/c1-31-12-4-11-24-20(14-5-8-16(9-6-14)25(29)30)19(22(27)23(24)28)21(26)15-7-10-17(32-2)18(13-15)33-3/h5-10,13,20,26H,4,11-12H2,1-3H3/t20-/m1/s1. The van der Waals surface area contributed by atoms with Crippen LogP contribution in [0.1, 0.15) is 23.6 Å². The Morgan fingerprint density at radius 1 is 1.06 bits per heavy atom. The van der Waals surface area contributed by atoms with Gasteiger partial charge in [0, 0.05) is 38.0 Å². The summed E-state index contributed by atoms with van der Waals surface area (Å²) in [4.78, 5) is 37.7. The van der Waals surface area contributed by atoms with Crippen LogP contribution in [0.15, 0.2) is 48.0 Å². The van der Waals surface area contributed by atoms with Crippen LogP contribution in [-0.4, -0.2) is 61.1 Å². The lowest BCUT2D eigenvalue weighted by molar-refractivity contribution is -0.384. The zero-order chi connectivity index (χ0) is 24.1. The van der Waals surface area contributed by atoms with Gasteiger partial charge >= 0.3 is 0 Å². The predicted molar refractivity (Wildman–Crippen MR) is 118 cm³/mol. The molecule has 0 unspecified atom stereocenters. The quantitative estimate of drug-likeness (QED) is 0.152. The van der Waals surface area contributed by atoms with E-state index in [4.69, 9.17) is 14.2 Å². The molecule has 1 aliphatic rings. The third kappa shape index (κ3) is 4.65. The molecule has 0 radical (unpaired) electrons. The number of benzene rings is 2. The van der Waals surface area contributed by atoms with E-state index >= 15 is 0 Å². The zero-order valence-electron chi connectivity index (χ0n) is 18.4. The van der Waals surface area contributed by atoms with Crippen LogP contribution in [-0.2, 0) is 14.3 Å². The third-order valence-electron chi connectivity index (χ3n) is 5.36. The lowest BCUT2D eigenvalue weighted by Crippen LogP contribution is -2.31. The normalized spacial score (nSPS) is 17.3. The summed E-state index contributed by atoms with van der Waals surface area (Å²) in [6.07, 6.45) is 0.462. The highest BCUT2D eigenvalue weighted by molar-refractivity contribution is 6.46. The Kier molecular flexibility index (Phi) is 7.29. The molecule has 10 heteroatoms. The van der Waals surface area contributed by atoms with E-state index in [1.54, 1.807) is 12.1 Å². The molecule has 2 aromatic rings. The van der Waals surface area contributed by atoms with Crippen molar-refractivity contribution in [3.63, 3.8) is 0 Å². The molecular weight excluding hydrogens is 432 g/mol. The minimum Gasteiger partial charge on any atom is -0.507 e. The number of hydrogen-bond donors (Lipinski definition) is 1. The van der Waals surface area contributed by atoms with Gasteiger partial charge in [0.25, 0.3) is 17.4 Å². The van der Waals surface area contributed by atoms with Crippen LogP contribution in [0, 0.1) is 10.1 Å². The zero-order valence-corrected chi connectivity index (χ0v) is 18.4. The van der Waals surface area contributed by atoms with Crippen molar-refractivity contribution in [3.05, 3.63) is 69.3 Å². The number of ether oxygens (including phenoxy) is 3. The van der Waals surface area contributed by atoms with Crippen LogP contribution in [0.3, 0.4) is 0 Å². The topological polar surface area (TPSA) is 128 Å². The molecule has 0 saturated carbocycles. The van der Waals surface area contributed by atoms with Gasteiger partial charge in [0.2, 0.25) is 0 Å². The molecule has 10 nitrogen and oxygen atoms in total. The van der Waals surface area contributed by atoms with Gasteiger partial charge in [-0.15, -0.1) is 0 Å². The number of nitro groups is 1. The van der Waals surface area contributed by atoms with Crippen LogP contribution < -0.4 is 9.47 Å². The van der Waals surface area contributed by atoms with Gasteiger partial charge in [0.05, 0.1) is 30.8 Å². The van der Waals surface area contributed by atoms with E-state index in [0.29, 0.717) is 30.1 Å². The highest BCUT2D eigenvalue weighted by Gasteiger charge is 2.45. The maximum atomic E-state index is 13.0. The van der Waals surface area contributed by atoms with Gasteiger partial charge in [-0.25, -0.2) is 0 Å². The van der Waals surface area contributed by atoms with E-state index in [1.807, 2.05) is 0 Å². The molecule has 33 heavy (non-hydrogen) atoms. The Morgan fingerprint density at radius 2 is 1.73 bits per heavy atom. The van der Waals surface area contributed by atoms with Crippen LogP contribution in [0.25, 0.3) is 5.76 Å². The molecule has 0 spiro atoms. The highest BCUT2D eigenvalue weighted by Crippen LogP contribution is 2.41. The van der Waals surface area contributed by atoms with Gasteiger partial charge in [-0.05, 0) is 42.3 Å². The van der Waals surface area contributed by atoms with Crippen molar-refractivity contribution in [1.29, 1.82) is 0 Å². The molecule has 1 heterocycles. The van der Waals surface area contributed by atoms with Crippen molar-refractivity contribution in [2.75, 3.05) is 34.5 Å². The van der Waals surface area contributed by atoms with Crippen molar-refractivity contribution >= 4 is 23.1 Å². The molecule has 1 aliphatic heterocycles. The maximum absolute atomic E-state index is 13.0.